The zero-order valence-electron chi connectivity index (χ0n) is 20.1. The topological polar surface area (TPSA) is 65.8 Å². The number of likely N-dealkylation sites (tertiary alicyclic amines) is 1. The molecule has 0 aliphatic carbocycles. The quantitative estimate of drug-likeness (QED) is 0.319. The first-order valence-electron chi connectivity index (χ1n) is 11.8. The Morgan fingerprint density at radius 3 is 2.63 bits per heavy atom. The second-order valence-corrected chi connectivity index (χ2v) is 9.86. The molecule has 8 heteroatoms. The predicted molar refractivity (Wildman–Crippen MR) is 137 cm³/mol. The highest BCUT2D eigenvalue weighted by molar-refractivity contribution is 7.16. The first kappa shape index (κ1) is 23.4. The fourth-order valence-electron chi connectivity index (χ4n) is 4.32. The van der Waals surface area contributed by atoms with Gasteiger partial charge in [-0.05, 0) is 44.5 Å². The predicted octanol–water partition coefficient (Wildman–Crippen LogP) is 5.49. The molecule has 0 saturated carbocycles. The van der Waals surface area contributed by atoms with Crippen LogP contribution >= 0.6 is 11.3 Å². The van der Waals surface area contributed by atoms with Crippen molar-refractivity contribution in [1.29, 1.82) is 0 Å². The maximum absolute atomic E-state index is 12.6. The molecular weight excluding hydrogens is 462 g/mol. The molecule has 0 bridgehead atoms. The molecule has 0 amide bonds. The van der Waals surface area contributed by atoms with Crippen LogP contribution in [0.3, 0.4) is 0 Å². The van der Waals surface area contributed by atoms with Crippen LogP contribution in [0.15, 0.2) is 60.9 Å². The van der Waals surface area contributed by atoms with Crippen molar-refractivity contribution < 1.29 is 19.0 Å². The van der Waals surface area contributed by atoms with E-state index in [-0.39, 0.29) is 12.2 Å². The Bertz CT molecular complexity index is 1310. The van der Waals surface area contributed by atoms with Crippen LogP contribution < -0.4 is 9.47 Å². The van der Waals surface area contributed by atoms with E-state index < -0.39 is 5.97 Å². The van der Waals surface area contributed by atoms with Gasteiger partial charge in [-0.15, -0.1) is 11.3 Å². The maximum atomic E-state index is 12.6. The van der Waals surface area contributed by atoms with E-state index in [9.17, 15) is 4.79 Å². The molecule has 1 fully saturated rings. The van der Waals surface area contributed by atoms with E-state index in [2.05, 4.69) is 16.9 Å². The van der Waals surface area contributed by atoms with Gasteiger partial charge < -0.3 is 19.1 Å². The number of hydrogen-bond donors (Lipinski definition) is 0. The Kier molecular flexibility index (Phi) is 6.74. The Morgan fingerprint density at radius 1 is 1.11 bits per heavy atom. The molecule has 0 radical (unpaired) electrons. The van der Waals surface area contributed by atoms with Crippen LogP contribution in [0.1, 0.15) is 41.1 Å². The number of piperidine rings is 1. The highest BCUT2D eigenvalue weighted by Gasteiger charge is 2.23. The highest BCUT2D eigenvalue weighted by Crippen LogP contribution is 2.37. The van der Waals surface area contributed by atoms with Crippen molar-refractivity contribution in [3.63, 3.8) is 0 Å². The number of methoxy groups -OCH3 is 1. The Balaban J connectivity index is 1.45. The monoisotopic (exact) mass is 491 g/mol. The molecule has 3 heterocycles. The number of fused-ring (bicyclic) bond motifs is 1. The van der Waals surface area contributed by atoms with Crippen molar-refractivity contribution in [1.82, 2.24) is 14.5 Å². The number of hydrogen-bond acceptors (Lipinski definition) is 7. The van der Waals surface area contributed by atoms with E-state index in [0.717, 1.165) is 53.3 Å². The molecular formula is C27H29N3O4S. The number of nitrogens with zero attached hydrogens (tertiary/aromatic N) is 3. The third kappa shape index (κ3) is 5.04. The average Bonchev–Trinajstić information content (AvgIpc) is 3.49. The van der Waals surface area contributed by atoms with Crippen LogP contribution in [0.25, 0.3) is 16.0 Å². The summed E-state index contributed by atoms with van der Waals surface area (Å²) in [6.45, 7) is 4.05. The Morgan fingerprint density at radius 2 is 1.89 bits per heavy atom. The number of rotatable bonds is 7. The Labute approximate surface area is 208 Å². The number of aromatic nitrogens is 2. The molecule has 1 aliphatic rings. The fourth-order valence-corrected chi connectivity index (χ4v) is 5.31. The van der Waals surface area contributed by atoms with Gasteiger partial charge in [0, 0.05) is 25.2 Å². The van der Waals surface area contributed by atoms with Gasteiger partial charge in [-0.1, -0.05) is 30.3 Å². The van der Waals surface area contributed by atoms with Gasteiger partial charge in [-0.3, -0.25) is 4.57 Å². The number of imidazole rings is 1. The standard InChI is InChI=1S/C27H29N3O4S/c1-18(19-7-5-4-6-8-19)33-24-16-25(35-26(24)27(31)32-3)30-17-28-22-10-9-21(15-23(22)30)34-20-11-13-29(2)14-12-20/h4-10,15-18,20H,11-14H2,1-3H3. The summed E-state index contributed by atoms with van der Waals surface area (Å²) in [6.07, 6.45) is 3.79. The lowest BCUT2D eigenvalue weighted by atomic mass is 10.1. The van der Waals surface area contributed by atoms with Crippen LogP contribution in [0, 0.1) is 0 Å². The summed E-state index contributed by atoms with van der Waals surface area (Å²) < 4.78 is 19.5. The number of carbonyl (C=O) groups excluding carboxylic acids is 1. The third-order valence-corrected chi connectivity index (χ3v) is 7.45. The summed E-state index contributed by atoms with van der Waals surface area (Å²) in [5.74, 6) is 0.897. The van der Waals surface area contributed by atoms with E-state index in [1.165, 1.54) is 18.4 Å². The van der Waals surface area contributed by atoms with E-state index in [0.29, 0.717) is 10.6 Å². The Hall–Kier alpha value is -3.36. The van der Waals surface area contributed by atoms with Crippen molar-refractivity contribution >= 4 is 28.3 Å². The smallest absolute Gasteiger partial charge is 0.351 e. The normalized spacial score (nSPS) is 15.7. The lowest BCUT2D eigenvalue weighted by molar-refractivity contribution is 0.0600. The van der Waals surface area contributed by atoms with Crippen molar-refractivity contribution in [2.24, 2.45) is 0 Å². The number of benzene rings is 2. The van der Waals surface area contributed by atoms with Gasteiger partial charge in [0.05, 0.1) is 18.1 Å². The maximum Gasteiger partial charge on any atom is 0.351 e. The van der Waals surface area contributed by atoms with E-state index in [4.69, 9.17) is 14.2 Å². The van der Waals surface area contributed by atoms with Gasteiger partial charge in [-0.25, -0.2) is 9.78 Å². The van der Waals surface area contributed by atoms with Crippen LogP contribution in [-0.4, -0.2) is 53.8 Å². The van der Waals surface area contributed by atoms with Crippen molar-refractivity contribution in [3.05, 3.63) is 71.4 Å². The van der Waals surface area contributed by atoms with Crippen LogP contribution in [0.2, 0.25) is 0 Å². The third-order valence-electron chi connectivity index (χ3n) is 6.35. The molecule has 35 heavy (non-hydrogen) atoms. The molecule has 7 nitrogen and oxygen atoms in total. The lowest BCUT2D eigenvalue weighted by Crippen LogP contribution is -2.35. The fraction of sp³-hybridized carbons (Fsp3) is 0.333. The van der Waals surface area contributed by atoms with Crippen LogP contribution in [-0.2, 0) is 4.74 Å². The molecule has 0 N–H and O–H groups in total. The average molecular weight is 492 g/mol. The summed E-state index contributed by atoms with van der Waals surface area (Å²) in [4.78, 5) is 19.9. The minimum Gasteiger partial charge on any atom is -0.490 e. The van der Waals surface area contributed by atoms with Crippen molar-refractivity contribution in [2.75, 3.05) is 27.2 Å². The summed E-state index contributed by atoms with van der Waals surface area (Å²) in [6, 6.07) is 17.8. The number of carbonyl (C=O) groups is 1. The van der Waals surface area contributed by atoms with Gasteiger partial charge in [0.1, 0.15) is 35.0 Å². The molecule has 1 aliphatic heterocycles. The zero-order valence-corrected chi connectivity index (χ0v) is 21.0. The molecule has 0 spiro atoms. The van der Waals surface area contributed by atoms with Gasteiger partial charge >= 0.3 is 5.97 Å². The highest BCUT2D eigenvalue weighted by atomic mass is 32.1. The number of ether oxygens (including phenoxy) is 3. The summed E-state index contributed by atoms with van der Waals surface area (Å²) >= 11 is 1.32. The van der Waals surface area contributed by atoms with Crippen LogP contribution in [0.5, 0.6) is 11.5 Å². The van der Waals surface area contributed by atoms with E-state index in [1.54, 1.807) is 6.33 Å². The van der Waals surface area contributed by atoms with Gasteiger partial charge in [0.15, 0.2) is 4.88 Å². The number of esters is 1. The minimum atomic E-state index is -0.424. The SMILES string of the molecule is COC(=O)c1sc(-n2cnc3ccc(OC4CCN(C)CC4)cc32)cc1OC(C)c1ccccc1. The van der Waals surface area contributed by atoms with Crippen LogP contribution in [0.4, 0.5) is 0 Å². The second kappa shape index (κ2) is 10.1. The summed E-state index contributed by atoms with van der Waals surface area (Å²) in [7, 11) is 3.52. The molecule has 2 aromatic carbocycles. The molecule has 2 aromatic heterocycles. The summed E-state index contributed by atoms with van der Waals surface area (Å²) in [5, 5.41) is 0.819. The van der Waals surface area contributed by atoms with Gasteiger partial charge in [-0.2, -0.15) is 0 Å². The molecule has 5 rings (SSSR count). The second-order valence-electron chi connectivity index (χ2n) is 8.83. The first-order chi connectivity index (χ1) is 17.0. The number of thiophene rings is 1. The molecule has 1 atom stereocenters. The minimum absolute atomic E-state index is 0.215. The zero-order chi connectivity index (χ0) is 24.4. The lowest BCUT2D eigenvalue weighted by Gasteiger charge is -2.29. The van der Waals surface area contributed by atoms with E-state index in [1.807, 2.05) is 66.1 Å². The first-order valence-corrected chi connectivity index (χ1v) is 12.6. The van der Waals surface area contributed by atoms with Crippen molar-refractivity contribution in [2.45, 2.75) is 32.0 Å². The summed E-state index contributed by atoms with van der Waals surface area (Å²) in [5.41, 5.74) is 2.80. The molecule has 182 valence electrons. The largest absolute Gasteiger partial charge is 0.490 e. The van der Waals surface area contributed by atoms with Gasteiger partial charge in [0.2, 0.25) is 0 Å². The van der Waals surface area contributed by atoms with Gasteiger partial charge in [0.25, 0.3) is 0 Å². The molecule has 1 unspecified atom stereocenters. The molecule has 4 aromatic rings. The molecule has 1 saturated heterocycles. The van der Waals surface area contributed by atoms with Crippen molar-refractivity contribution in [3.8, 4) is 16.5 Å². The van der Waals surface area contributed by atoms with E-state index >= 15 is 0 Å².